The molecule has 0 aromatic heterocycles. The average molecular weight is 620 g/mol. The van der Waals surface area contributed by atoms with E-state index in [2.05, 4.69) is 49.4 Å². The summed E-state index contributed by atoms with van der Waals surface area (Å²) in [6.45, 7) is 2.70. The molecule has 0 amide bonds. The molecule has 0 unspecified atom stereocenters. The van der Waals surface area contributed by atoms with Gasteiger partial charge in [-0.1, -0.05) is 48.5 Å². The Labute approximate surface area is 250 Å². The van der Waals surface area contributed by atoms with Gasteiger partial charge in [0.15, 0.2) is 0 Å². The van der Waals surface area contributed by atoms with Gasteiger partial charge in [0.25, 0.3) is 0 Å². The molecule has 4 fully saturated rings. The second-order valence-corrected chi connectivity index (χ2v) is 19.2. The van der Waals surface area contributed by atoms with Gasteiger partial charge in [-0.2, -0.15) is 0 Å². The minimum atomic E-state index is -1.92. The summed E-state index contributed by atoms with van der Waals surface area (Å²) in [6.07, 6.45) is 9.85. The third-order valence-electron chi connectivity index (χ3n) is 8.80. The van der Waals surface area contributed by atoms with Crippen molar-refractivity contribution in [2.75, 3.05) is 7.11 Å². The van der Waals surface area contributed by atoms with Crippen molar-refractivity contribution in [1.82, 2.24) is 0 Å². The van der Waals surface area contributed by atoms with Crippen LogP contribution < -0.4 is 4.74 Å². The SMILES string of the molecule is COc1ccccc1-c1ccccc1CN=Cc1cc(C)cc(C23CC4CC(CC(C4)C2)C3)c1O.[Cl][Ti]([Cl])[Cl]. The second kappa shape index (κ2) is 12.6. The summed E-state index contributed by atoms with van der Waals surface area (Å²) in [5.41, 5.74) is 6.77. The van der Waals surface area contributed by atoms with Gasteiger partial charge in [0.05, 0.1) is 13.7 Å². The molecule has 7 rings (SSSR count). The molecule has 0 aliphatic heterocycles. The fourth-order valence-corrected chi connectivity index (χ4v) is 7.78. The van der Waals surface area contributed by atoms with E-state index in [0.29, 0.717) is 12.3 Å². The first-order valence-electron chi connectivity index (χ1n) is 13.7. The Bertz CT molecular complexity index is 1300. The number of ether oxygens (including phenoxy) is 1. The molecule has 0 spiro atoms. The maximum absolute atomic E-state index is 11.5. The number of hydrogen-bond acceptors (Lipinski definition) is 3. The van der Waals surface area contributed by atoms with Gasteiger partial charge < -0.3 is 9.84 Å². The summed E-state index contributed by atoms with van der Waals surface area (Å²) in [5, 5.41) is 11.5. The molecule has 4 aliphatic rings. The molecule has 0 atom stereocenters. The molecule has 3 nitrogen and oxygen atoms in total. The molecule has 0 heterocycles. The fourth-order valence-electron chi connectivity index (χ4n) is 7.78. The van der Waals surface area contributed by atoms with E-state index in [9.17, 15) is 5.11 Å². The van der Waals surface area contributed by atoms with E-state index < -0.39 is 14.7 Å². The molecule has 0 radical (unpaired) electrons. The Kier molecular flexibility index (Phi) is 9.36. The van der Waals surface area contributed by atoms with Crippen LogP contribution in [-0.2, 0) is 26.6 Å². The van der Waals surface area contributed by atoms with E-state index in [1.165, 1.54) is 49.7 Å². The summed E-state index contributed by atoms with van der Waals surface area (Å²) in [5.74, 6) is 3.87. The molecule has 39 heavy (non-hydrogen) atoms. The maximum atomic E-state index is 11.5. The van der Waals surface area contributed by atoms with Crippen LogP contribution in [0, 0.1) is 24.7 Å². The Morgan fingerprint density at radius 3 is 2.10 bits per heavy atom. The number of phenols is 1. The van der Waals surface area contributed by atoms with Crippen molar-refractivity contribution in [3.05, 3.63) is 82.9 Å². The molecule has 0 saturated heterocycles. The average Bonchev–Trinajstić information content (AvgIpc) is 2.89. The van der Waals surface area contributed by atoms with Crippen molar-refractivity contribution < 1.29 is 24.5 Å². The van der Waals surface area contributed by atoms with Crippen molar-refractivity contribution in [3.63, 3.8) is 0 Å². The summed E-state index contributed by atoms with van der Waals surface area (Å²) in [4.78, 5) is 4.82. The number of halogens is 3. The standard InChI is InChI=1S/C32H35NO2.3ClH.Ti/c1-21-11-26(31(34)29(12-21)32-16-22-13-23(17-32)15-24(14-22)18-32)20-33-19-25-7-3-4-8-27(25)28-9-5-6-10-30(28)35-2;;;;/h3-12,20,22-24,34H,13-19H2,1-2H3;3*1H;/q;;;;+3/p-3. The van der Waals surface area contributed by atoms with E-state index in [1.807, 2.05) is 24.4 Å². The molecule has 1 N–H and O–H groups in total. The zero-order valence-corrected chi connectivity index (χ0v) is 26.3. The molecular formula is C32H35Cl3NO2Ti. The van der Waals surface area contributed by atoms with Crippen molar-refractivity contribution in [2.45, 2.75) is 57.4 Å². The Balaban J connectivity index is 0.000000723. The van der Waals surface area contributed by atoms with Crippen molar-refractivity contribution >= 4 is 34.1 Å². The fraction of sp³-hybridized carbons (Fsp3) is 0.406. The molecule has 3 aromatic carbocycles. The third kappa shape index (κ3) is 6.55. The van der Waals surface area contributed by atoms with Gasteiger partial charge >= 0.3 is 42.6 Å². The number of methoxy groups -OCH3 is 1. The van der Waals surface area contributed by atoms with Crippen LogP contribution in [-0.4, -0.2) is 18.4 Å². The summed E-state index contributed by atoms with van der Waals surface area (Å²) >= 11 is -1.92. The minimum absolute atomic E-state index is 0.171. The van der Waals surface area contributed by atoms with Crippen LogP contribution in [0.15, 0.2) is 65.7 Å². The van der Waals surface area contributed by atoms with Gasteiger partial charge in [0.1, 0.15) is 11.5 Å². The predicted octanol–water partition coefficient (Wildman–Crippen LogP) is 9.53. The first kappa shape index (κ1) is 29.0. The van der Waals surface area contributed by atoms with Gasteiger partial charge in [0.2, 0.25) is 0 Å². The Morgan fingerprint density at radius 1 is 0.923 bits per heavy atom. The zero-order valence-electron chi connectivity index (χ0n) is 22.5. The van der Waals surface area contributed by atoms with Crippen LogP contribution >= 0.6 is 27.9 Å². The van der Waals surface area contributed by atoms with Crippen molar-refractivity contribution in [2.24, 2.45) is 22.7 Å². The van der Waals surface area contributed by atoms with Crippen LogP contribution in [0.1, 0.15) is 60.8 Å². The molecule has 7 heteroatoms. The Morgan fingerprint density at radius 2 is 1.49 bits per heavy atom. The van der Waals surface area contributed by atoms with Crippen LogP contribution in [0.3, 0.4) is 0 Å². The van der Waals surface area contributed by atoms with Gasteiger partial charge in [-0.25, -0.2) is 0 Å². The number of aromatic hydroxyl groups is 1. The quantitative estimate of drug-likeness (QED) is 0.221. The third-order valence-corrected chi connectivity index (χ3v) is 8.80. The van der Waals surface area contributed by atoms with Crippen LogP contribution in [0.4, 0.5) is 0 Å². The first-order chi connectivity index (χ1) is 18.8. The molecule has 205 valence electrons. The van der Waals surface area contributed by atoms with Gasteiger partial charge in [-0.3, -0.25) is 4.99 Å². The number of aliphatic imine (C=N–C) groups is 1. The molecular weight excluding hydrogens is 585 g/mol. The van der Waals surface area contributed by atoms with E-state index >= 15 is 0 Å². The normalized spacial score (nSPS) is 24.9. The van der Waals surface area contributed by atoms with E-state index in [0.717, 1.165) is 45.8 Å². The number of aryl methyl sites for hydroxylation is 1. The van der Waals surface area contributed by atoms with E-state index in [1.54, 1.807) is 7.11 Å². The number of rotatable bonds is 6. The molecule has 4 aliphatic carbocycles. The predicted molar refractivity (Wildman–Crippen MR) is 160 cm³/mol. The van der Waals surface area contributed by atoms with Gasteiger partial charge in [0, 0.05) is 22.9 Å². The van der Waals surface area contributed by atoms with Crippen LogP contribution in [0.5, 0.6) is 11.5 Å². The molecule has 3 aromatic rings. The number of hydrogen-bond donors (Lipinski definition) is 1. The number of nitrogens with zero attached hydrogens (tertiary/aromatic N) is 1. The second-order valence-electron chi connectivity index (χ2n) is 11.5. The topological polar surface area (TPSA) is 41.8 Å². The molecule has 4 saturated carbocycles. The van der Waals surface area contributed by atoms with Crippen molar-refractivity contribution in [1.29, 1.82) is 0 Å². The summed E-state index contributed by atoms with van der Waals surface area (Å²) in [7, 11) is 16.6. The monoisotopic (exact) mass is 618 g/mol. The van der Waals surface area contributed by atoms with Gasteiger partial charge in [-0.05, 0) is 97.4 Å². The Hall–Kier alpha value is -1.49. The summed E-state index contributed by atoms with van der Waals surface area (Å²) in [6, 6.07) is 20.8. The first-order valence-corrected chi connectivity index (χ1v) is 20.1. The van der Waals surface area contributed by atoms with E-state index in [4.69, 9.17) is 37.6 Å². The van der Waals surface area contributed by atoms with Crippen LogP contribution in [0.2, 0.25) is 0 Å². The number of para-hydroxylation sites is 1. The zero-order chi connectivity index (χ0) is 27.6. The molecule has 4 bridgehead atoms. The number of benzene rings is 3. The van der Waals surface area contributed by atoms with E-state index in [-0.39, 0.29) is 5.41 Å². The van der Waals surface area contributed by atoms with Crippen LogP contribution in [0.25, 0.3) is 11.1 Å². The van der Waals surface area contributed by atoms with Crippen molar-refractivity contribution in [3.8, 4) is 22.6 Å². The number of phenolic OH excluding ortho intramolecular Hbond substituents is 1. The summed E-state index contributed by atoms with van der Waals surface area (Å²) < 4.78 is 5.60. The van der Waals surface area contributed by atoms with Gasteiger partial charge in [-0.15, -0.1) is 0 Å².